The fourth-order valence-corrected chi connectivity index (χ4v) is 8.51. The van der Waals surface area contributed by atoms with E-state index in [4.69, 9.17) is 0 Å². The van der Waals surface area contributed by atoms with E-state index in [1.807, 2.05) is 66.7 Å². The standard InChI is InChI=1S/C23H19Br2OP/c1-23(16-18(23)12-17-13-19(24)15-20(25)14-17)27(26,21-8-4-2-5-9-21)22-10-6-3-7-11-22/h2-15H,16H2,1H3/b18-12-/t23-/m1/s1. The lowest BCUT2D eigenvalue weighted by Crippen LogP contribution is -2.25. The minimum atomic E-state index is -2.81. The molecule has 1 atom stereocenters. The third-order valence-electron chi connectivity index (χ3n) is 5.26. The van der Waals surface area contributed by atoms with Gasteiger partial charge in [-0.3, -0.25) is 0 Å². The molecular formula is C23H19Br2OP. The highest BCUT2D eigenvalue weighted by Gasteiger charge is 2.59. The van der Waals surface area contributed by atoms with Gasteiger partial charge in [0.1, 0.15) is 0 Å². The lowest BCUT2D eigenvalue weighted by molar-refractivity contribution is 0.579. The Morgan fingerprint density at radius 1 is 0.852 bits per heavy atom. The quantitative estimate of drug-likeness (QED) is 0.360. The van der Waals surface area contributed by atoms with Crippen LogP contribution in [0.1, 0.15) is 18.9 Å². The molecule has 3 aromatic rings. The third-order valence-corrected chi connectivity index (χ3v) is 10.1. The van der Waals surface area contributed by atoms with E-state index in [0.29, 0.717) is 0 Å². The molecule has 136 valence electrons. The number of rotatable bonds is 4. The van der Waals surface area contributed by atoms with Crippen molar-refractivity contribution in [2.45, 2.75) is 18.5 Å². The monoisotopic (exact) mass is 500 g/mol. The van der Waals surface area contributed by atoms with E-state index >= 15 is 0 Å². The smallest absolute Gasteiger partial charge is 0.152 e. The van der Waals surface area contributed by atoms with Gasteiger partial charge in [0.05, 0.1) is 5.16 Å². The topological polar surface area (TPSA) is 17.1 Å². The van der Waals surface area contributed by atoms with E-state index in [1.165, 1.54) is 5.57 Å². The van der Waals surface area contributed by atoms with Gasteiger partial charge in [-0.15, -0.1) is 0 Å². The summed E-state index contributed by atoms with van der Waals surface area (Å²) < 4.78 is 16.6. The second-order valence-corrected chi connectivity index (χ2v) is 12.2. The summed E-state index contributed by atoms with van der Waals surface area (Å²) in [5, 5.41) is 1.51. The summed E-state index contributed by atoms with van der Waals surface area (Å²) in [7, 11) is -2.81. The Hall–Kier alpha value is -1.41. The van der Waals surface area contributed by atoms with Gasteiger partial charge in [0.15, 0.2) is 7.14 Å². The van der Waals surface area contributed by atoms with Crippen LogP contribution in [0.5, 0.6) is 0 Å². The van der Waals surface area contributed by atoms with Crippen LogP contribution in [0.15, 0.2) is 93.4 Å². The maximum Gasteiger partial charge on any atom is 0.152 e. The highest BCUT2D eigenvalue weighted by atomic mass is 79.9. The first-order chi connectivity index (χ1) is 12.9. The number of hydrogen-bond donors (Lipinski definition) is 0. The maximum atomic E-state index is 14.6. The fraction of sp³-hybridized carbons (Fsp3) is 0.130. The number of benzene rings is 3. The average molecular weight is 502 g/mol. The Morgan fingerprint density at radius 3 is 1.81 bits per heavy atom. The summed E-state index contributed by atoms with van der Waals surface area (Å²) in [5.74, 6) is 0. The first-order valence-corrected chi connectivity index (χ1v) is 12.1. The molecule has 0 unspecified atom stereocenters. The molecule has 3 aromatic carbocycles. The Morgan fingerprint density at radius 2 is 1.33 bits per heavy atom. The molecule has 0 spiro atoms. The van der Waals surface area contributed by atoms with E-state index in [-0.39, 0.29) is 5.16 Å². The van der Waals surface area contributed by atoms with E-state index in [2.05, 4.69) is 57.0 Å². The fourth-order valence-electron chi connectivity index (χ4n) is 3.70. The SMILES string of the molecule is C[C@@]1(P(=O)(c2ccccc2)c2ccccc2)C/C1=C/c1cc(Br)cc(Br)c1. The molecule has 1 aliphatic rings. The Kier molecular flexibility index (Phi) is 5.05. The van der Waals surface area contributed by atoms with Gasteiger partial charge in [0.25, 0.3) is 0 Å². The summed E-state index contributed by atoms with van der Waals surface area (Å²) in [5.41, 5.74) is 2.35. The molecule has 1 saturated carbocycles. The Labute approximate surface area is 177 Å². The zero-order valence-electron chi connectivity index (χ0n) is 14.9. The van der Waals surface area contributed by atoms with Crippen LogP contribution in [0.25, 0.3) is 6.08 Å². The normalized spacial score (nSPS) is 20.6. The number of halogens is 2. The molecule has 0 bridgehead atoms. The van der Waals surface area contributed by atoms with Crippen molar-refractivity contribution in [1.29, 1.82) is 0 Å². The van der Waals surface area contributed by atoms with Crippen molar-refractivity contribution in [2.75, 3.05) is 0 Å². The van der Waals surface area contributed by atoms with Crippen molar-refractivity contribution in [3.05, 3.63) is 98.9 Å². The molecule has 0 aliphatic heterocycles. The van der Waals surface area contributed by atoms with E-state index in [9.17, 15) is 4.57 Å². The molecule has 1 aliphatic carbocycles. The predicted octanol–water partition coefficient (Wildman–Crippen LogP) is 6.77. The summed E-state index contributed by atoms with van der Waals surface area (Å²) in [4.78, 5) is 0. The van der Waals surface area contributed by atoms with Gasteiger partial charge < -0.3 is 4.57 Å². The molecular weight excluding hydrogens is 483 g/mol. The molecule has 0 aromatic heterocycles. The first kappa shape index (κ1) is 18.9. The highest BCUT2D eigenvalue weighted by Crippen LogP contribution is 2.71. The second-order valence-electron chi connectivity index (χ2n) is 7.10. The van der Waals surface area contributed by atoms with Crippen molar-refractivity contribution in [2.24, 2.45) is 0 Å². The molecule has 0 heterocycles. The van der Waals surface area contributed by atoms with E-state index in [1.54, 1.807) is 0 Å². The van der Waals surface area contributed by atoms with E-state index < -0.39 is 7.14 Å². The molecule has 0 saturated heterocycles. The number of allylic oxidation sites excluding steroid dienone is 1. The zero-order chi connectivity index (χ0) is 19.1. The van der Waals surface area contributed by atoms with E-state index in [0.717, 1.165) is 31.5 Å². The third kappa shape index (κ3) is 3.42. The van der Waals surface area contributed by atoms with Gasteiger partial charge in [0, 0.05) is 19.6 Å². The molecule has 1 nitrogen and oxygen atoms in total. The molecule has 4 heteroatoms. The summed E-state index contributed by atoms with van der Waals surface area (Å²) in [6.45, 7) is 2.15. The minimum absolute atomic E-state index is 0.343. The van der Waals surface area contributed by atoms with Crippen LogP contribution in [0.2, 0.25) is 0 Å². The molecule has 27 heavy (non-hydrogen) atoms. The van der Waals surface area contributed by atoms with Crippen LogP contribution in [0, 0.1) is 0 Å². The molecule has 1 fully saturated rings. The summed E-state index contributed by atoms with van der Waals surface area (Å²) >= 11 is 7.10. The lowest BCUT2D eigenvalue weighted by atomic mass is 10.2. The highest BCUT2D eigenvalue weighted by molar-refractivity contribution is 9.11. The van der Waals surface area contributed by atoms with Crippen LogP contribution in [0.4, 0.5) is 0 Å². The zero-order valence-corrected chi connectivity index (χ0v) is 19.0. The van der Waals surface area contributed by atoms with Crippen molar-refractivity contribution in [3.8, 4) is 0 Å². The van der Waals surface area contributed by atoms with Gasteiger partial charge in [-0.25, -0.2) is 0 Å². The Bertz CT molecular complexity index is 997. The molecule has 0 radical (unpaired) electrons. The van der Waals surface area contributed by atoms with Crippen molar-refractivity contribution >= 4 is 55.7 Å². The van der Waals surface area contributed by atoms with Crippen molar-refractivity contribution < 1.29 is 4.57 Å². The molecule has 0 amide bonds. The lowest BCUT2D eigenvalue weighted by Gasteiger charge is -2.25. The van der Waals surface area contributed by atoms with Crippen LogP contribution in [-0.4, -0.2) is 5.16 Å². The minimum Gasteiger partial charge on any atom is -0.313 e. The van der Waals surface area contributed by atoms with Gasteiger partial charge in [-0.05, 0) is 37.1 Å². The Balaban J connectivity index is 1.83. The first-order valence-electron chi connectivity index (χ1n) is 8.82. The van der Waals surface area contributed by atoms with Crippen LogP contribution in [-0.2, 0) is 4.57 Å². The molecule has 4 rings (SSSR count). The number of hydrogen-bond acceptors (Lipinski definition) is 1. The van der Waals surface area contributed by atoms with Gasteiger partial charge in [0.2, 0.25) is 0 Å². The average Bonchev–Trinajstić information content (AvgIpc) is 3.32. The maximum absolute atomic E-state index is 14.6. The van der Waals surface area contributed by atoms with Gasteiger partial charge in [-0.1, -0.05) is 104 Å². The van der Waals surface area contributed by atoms with Gasteiger partial charge >= 0.3 is 0 Å². The van der Waals surface area contributed by atoms with Crippen molar-refractivity contribution in [3.63, 3.8) is 0 Å². The van der Waals surface area contributed by atoms with Gasteiger partial charge in [-0.2, -0.15) is 0 Å². The van der Waals surface area contributed by atoms with Crippen molar-refractivity contribution in [1.82, 2.24) is 0 Å². The summed E-state index contributed by atoms with van der Waals surface area (Å²) in [6.07, 6.45) is 3.03. The van der Waals surface area contributed by atoms with Crippen LogP contribution >= 0.6 is 39.0 Å². The second kappa shape index (κ2) is 7.20. The molecule has 0 N–H and O–H groups in total. The van der Waals surface area contributed by atoms with Crippen LogP contribution in [0.3, 0.4) is 0 Å². The largest absolute Gasteiger partial charge is 0.313 e. The predicted molar refractivity (Wildman–Crippen MR) is 123 cm³/mol. The summed E-state index contributed by atoms with van der Waals surface area (Å²) in [6, 6.07) is 26.1. The van der Waals surface area contributed by atoms with Crippen LogP contribution < -0.4 is 10.6 Å².